The SMILES string of the molecule is COc1ccc(Cl)cc1S(=O)(=O)Nc1cc(-c2ccc(Cl)cc2)[nH]n1. The van der Waals surface area contributed by atoms with Gasteiger partial charge in [0, 0.05) is 16.1 Å². The van der Waals surface area contributed by atoms with Crippen LogP contribution in [0, 0.1) is 0 Å². The van der Waals surface area contributed by atoms with E-state index in [1.54, 1.807) is 36.4 Å². The number of rotatable bonds is 5. The van der Waals surface area contributed by atoms with Crippen LogP contribution in [0.25, 0.3) is 11.3 Å². The van der Waals surface area contributed by atoms with Crippen molar-refractivity contribution in [2.75, 3.05) is 11.8 Å². The Kier molecular flexibility index (Phi) is 4.89. The third-order valence-corrected chi connectivity index (χ3v) is 5.25. The standard InChI is InChI=1S/C16H13Cl2N3O3S/c1-24-14-7-6-12(18)8-15(14)25(22,23)21-16-9-13(19-20-16)10-2-4-11(17)5-3-10/h2-9H,1H3,(H2,19,20,21). The Morgan fingerprint density at radius 3 is 2.40 bits per heavy atom. The molecule has 0 aliphatic heterocycles. The van der Waals surface area contributed by atoms with E-state index in [1.807, 2.05) is 0 Å². The van der Waals surface area contributed by atoms with Crippen molar-refractivity contribution in [2.45, 2.75) is 4.90 Å². The van der Waals surface area contributed by atoms with E-state index in [0.717, 1.165) is 5.56 Å². The Morgan fingerprint density at radius 2 is 1.72 bits per heavy atom. The molecule has 3 rings (SSSR count). The molecule has 0 spiro atoms. The maximum absolute atomic E-state index is 12.6. The lowest BCUT2D eigenvalue weighted by Crippen LogP contribution is -2.14. The van der Waals surface area contributed by atoms with Gasteiger partial charge in [-0.25, -0.2) is 8.42 Å². The average Bonchev–Trinajstić information content (AvgIpc) is 3.03. The summed E-state index contributed by atoms with van der Waals surface area (Å²) in [5, 5.41) is 7.65. The van der Waals surface area contributed by atoms with Gasteiger partial charge in [0.1, 0.15) is 10.6 Å². The lowest BCUT2D eigenvalue weighted by Gasteiger charge is -2.10. The number of halogens is 2. The minimum Gasteiger partial charge on any atom is -0.495 e. The van der Waals surface area contributed by atoms with Crippen molar-refractivity contribution in [3.8, 4) is 17.0 Å². The fraction of sp³-hybridized carbons (Fsp3) is 0.0625. The van der Waals surface area contributed by atoms with Gasteiger partial charge in [-0.1, -0.05) is 35.3 Å². The predicted molar refractivity (Wildman–Crippen MR) is 97.8 cm³/mol. The molecule has 0 saturated heterocycles. The summed E-state index contributed by atoms with van der Waals surface area (Å²) in [6, 6.07) is 13.0. The molecule has 0 unspecified atom stereocenters. The van der Waals surface area contributed by atoms with Crippen LogP contribution in [0.2, 0.25) is 10.0 Å². The molecule has 0 aliphatic carbocycles. The summed E-state index contributed by atoms with van der Waals surface area (Å²) in [5.74, 6) is 0.331. The summed E-state index contributed by atoms with van der Waals surface area (Å²) in [6.07, 6.45) is 0. The van der Waals surface area contributed by atoms with Crippen LogP contribution in [0.1, 0.15) is 0 Å². The average molecular weight is 398 g/mol. The first-order chi connectivity index (χ1) is 11.9. The van der Waals surface area contributed by atoms with Crippen LogP contribution in [0.15, 0.2) is 53.4 Å². The highest BCUT2D eigenvalue weighted by atomic mass is 35.5. The number of nitrogens with one attached hydrogen (secondary N) is 2. The fourth-order valence-electron chi connectivity index (χ4n) is 2.20. The maximum atomic E-state index is 12.6. The molecule has 0 saturated carbocycles. The van der Waals surface area contributed by atoms with Crippen molar-refractivity contribution in [3.63, 3.8) is 0 Å². The maximum Gasteiger partial charge on any atom is 0.266 e. The van der Waals surface area contributed by atoms with Gasteiger partial charge in [0.05, 0.1) is 12.8 Å². The van der Waals surface area contributed by atoms with E-state index >= 15 is 0 Å². The Morgan fingerprint density at radius 1 is 1.04 bits per heavy atom. The minimum absolute atomic E-state index is 0.0708. The van der Waals surface area contributed by atoms with Gasteiger partial charge in [-0.15, -0.1) is 0 Å². The van der Waals surface area contributed by atoms with E-state index in [1.165, 1.54) is 19.2 Å². The molecule has 0 aliphatic rings. The van der Waals surface area contributed by atoms with Crippen LogP contribution in [0.3, 0.4) is 0 Å². The van der Waals surface area contributed by atoms with Gasteiger partial charge >= 0.3 is 0 Å². The highest BCUT2D eigenvalue weighted by molar-refractivity contribution is 7.92. The molecule has 1 heterocycles. The zero-order valence-corrected chi connectivity index (χ0v) is 15.3. The van der Waals surface area contributed by atoms with Crippen molar-refractivity contribution >= 4 is 39.0 Å². The van der Waals surface area contributed by atoms with Crippen LogP contribution < -0.4 is 9.46 Å². The van der Waals surface area contributed by atoms with Crippen LogP contribution in [0.4, 0.5) is 5.82 Å². The third kappa shape index (κ3) is 3.89. The largest absolute Gasteiger partial charge is 0.495 e. The molecule has 2 N–H and O–H groups in total. The zero-order chi connectivity index (χ0) is 18.0. The predicted octanol–water partition coefficient (Wildman–Crippen LogP) is 4.19. The molecule has 130 valence electrons. The first kappa shape index (κ1) is 17.6. The zero-order valence-electron chi connectivity index (χ0n) is 13.0. The monoisotopic (exact) mass is 397 g/mol. The first-order valence-corrected chi connectivity index (χ1v) is 9.30. The lowest BCUT2D eigenvalue weighted by atomic mass is 10.1. The molecule has 3 aromatic rings. The number of hydrogen-bond acceptors (Lipinski definition) is 4. The Labute approximate surface area is 154 Å². The van der Waals surface area contributed by atoms with Gasteiger partial charge in [-0.2, -0.15) is 5.10 Å². The number of hydrogen-bond donors (Lipinski definition) is 2. The van der Waals surface area contributed by atoms with E-state index < -0.39 is 10.0 Å². The summed E-state index contributed by atoms with van der Waals surface area (Å²) in [5.41, 5.74) is 1.47. The summed E-state index contributed by atoms with van der Waals surface area (Å²) >= 11 is 11.8. The van der Waals surface area contributed by atoms with Crippen molar-refractivity contribution in [2.24, 2.45) is 0 Å². The normalized spacial score (nSPS) is 11.3. The number of ether oxygens (including phenoxy) is 1. The molecule has 0 bridgehead atoms. The van der Waals surface area contributed by atoms with E-state index in [0.29, 0.717) is 10.7 Å². The second-order valence-corrected chi connectivity index (χ2v) is 7.60. The molecule has 9 heteroatoms. The van der Waals surface area contributed by atoms with Crippen LogP contribution in [-0.2, 0) is 10.0 Å². The van der Waals surface area contributed by atoms with Gasteiger partial charge in [0.15, 0.2) is 5.82 Å². The number of aromatic nitrogens is 2. The third-order valence-electron chi connectivity index (χ3n) is 3.39. The number of methoxy groups -OCH3 is 1. The Hall–Kier alpha value is -2.22. The Balaban J connectivity index is 1.90. The lowest BCUT2D eigenvalue weighted by molar-refractivity contribution is 0.403. The number of aromatic amines is 1. The van der Waals surface area contributed by atoms with Gasteiger partial charge in [0.2, 0.25) is 0 Å². The molecule has 2 aromatic carbocycles. The topological polar surface area (TPSA) is 84.1 Å². The van der Waals surface area contributed by atoms with Gasteiger partial charge in [0.25, 0.3) is 10.0 Å². The number of anilines is 1. The first-order valence-electron chi connectivity index (χ1n) is 7.07. The number of nitrogens with zero attached hydrogens (tertiary/aromatic N) is 1. The second-order valence-electron chi connectivity index (χ2n) is 5.07. The molecule has 0 fully saturated rings. The minimum atomic E-state index is -3.92. The van der Waals surface area contributed by atoms with Gasteiger partial charge in [-0.3, -0.25) is 9.82 Å². The summed E-state index contributed by atoms with van der Waals surface area (Å²) in [6.45, 7) is 0. The highest BCUT2D eigenvalue weighted by Crippen LogP contribution is 2.29. The molecular formula is C16H13Cl2N3O3S. The molecule has 6 nitrogen and oxygen atoms in total. The van der Waals surface area contributed by atoms with Crippen molar-refractivity contribution in [1.82, 2.24) is 10.2 Å². The quantitative estimate of drug-likeness (QED) is 0.675. The molecule has 0 atom stereocenters. The second kappa shape index (κ2) is 6.95. The van der Waals surface area contributed by atoms with Crippen molar-refractivity contribution in [1.29, 1.82) is 0 Å². The molecule has 25 heavy (non-hydrogen) atoms. The van der Waals surface area contributed by atoms with Crippen LogP contribution in [0.5, 0.6) is 5.75 Å². The molecule has 0 amide bonds. The fourth-order valence-corrected chi connectivity index (χ4v) is 3.76. The number of H-pyrrole nitrogens is 1. The molecule has 0 radical (unpaired) electrons. The van der Waals surface area contributed by atoms with E-state index in [2.05, 4.69) is 14.9 Å². The van der Waals surface area contributed by atoms with Crippen LogP contribution >= 0.6 is 23.2 Å². The number of sulfonamides is 1. The van der Waals surface area contributed by atoms with Gasteiger partial charge in [-0.05, 0) is 35.9 Å². The van der Waals surface area contributed by atoms with E-state index in [9.17, 15) is 8.42 Å². The Bertz CT molecular complexity index is 1000. The van der Waals surface area contributed by atoms with E-state index in [4.69, 9.17) is 27.9 Å². The van der Waals surface area contributed by atoms with Crippen molar-refractivity contribution in [3.05, 3.63) is 58.6 Å². The summed E-state index contributed by atoms with van der Waals surface area (Å²) in [7, 11) is -2.53. The van der Waals surface area contributed by atoms with Crippen LogP contribution in [-0.4, -0.2) is 25.7 Å². The van der Waals surface area contributed by atoms with Crippen molar-refractivity contribution < 1.29 is 13.2 Å². The molecular weight excluding hydrogens is 385 g/mol. The molecule has 1 aromatic heterocycles. The van der Waals surface area contributed by atoms with Gasteiger partial charge < -0.3 is 4.74 Å². The highest BCUT2D eigenvalue weighted by Gasteiger charge is 2.21. The summed E-state index contributed by atoms with van der Waals surface area (Å²) in [4.78, 5) is -0.0708. The summed E-state index contributed by atoms with van der Waals surface area (Å²) < 4.78 is 32.7. The number of benzene rings is 2. The smallest absolute Gasteiger partial charge is 0.266 e. The van der Waals surface area contributed by atoms with E-state index in [-0.39, 0.29) is 21.5 Å².